The second-order valence-corrected chi connectivity index (χ2v) is 5.84. The molecule has 0 aromatic heterocycles. The summed E-state index contributed by atoms with van der Waals surface area (Å²) >= 11 is 0. The van der Waals surface area contributed by atoms with Crippen LogP contribution >= 0.6 is 0 Å². The highest BCUT2D eigenvalue weighted by atomic mass is 19.3. The minimum absolute atomic E-state index is 0.128. The Hall–Kier alpha value is -2.74. The van der Waals surface area contributed by atoms with Crippen LogP contribution < -0.4 is 15.4 Å². The molecule has 0 aliphatic carbocycles. The van der Waals surface area contributed by atoms with Crippen molar-refractivity contribution in [2.75, 3.05) is 19.4 Å². The molecule has 26 heavy (non-hydrogen) atoms. The lowest BCUT2D eigenvalue weighted by Gasteiger charge is -2.15. The fraction of sp³-hybridized carbons (Fsp3) is 0.278. The number of carbonyl (C=O) groups is 1. The number of rotatable bonds is 7. The van der Waals surface area contributed by atoms with Crippen molar-refractivity contribution < 1.29 is 22.7 Å². The third-order valence-corrected chi connectivity index (χ3v) is 3.45. The number of ether oxygens (including phenoxy) is 1. The summed E-state index contributed by atoms with van der Waals surface area (Å²) in [6.07, 6.45) is 0. The molecule has 0 saturated heterocycles. The Bertz CT molecular complexity index is 754. The van der Waals surface area contributed by atoms with Crippen molar-refractivity contribution >= 4 is 11.7 Å². The van der Waals surface area contributed by atoms with E-state index in [1.54, 1.807) is 0 Å². The van der Waals surface area contributed by atoms with Crippen molar-refractivity contribution in [2.45, 2.75) is 19.7 Å². The van der Waals surface area contributed by atoms with Crippen LogP contribution in [0.5, 0.6) is 5.75 Å². The molecule has 0 fully saturated rings. The monoisotopic (exact) mass is 367 g/mol. The summed E-state index contributed by atoms with van der Waals surface area (Å²) in [6.45, 7) is -2.09. The maximum Gasteiger partial charge on any atom is 0.387 e. The Morgan fingerprint density at radius 1 is 1.15 bits per heavy atom. The lowest BCUT2D eigenvalue weighted by molar-refractivity contribution is -0.0521. The Kier molecular flexibility index (Phi) is 6.85. The van der Waals surface area contributed by atoms with Gasteiger partial charge in [0.2, 0.25) is 0 Å². The average Bonchev–Trinajstić information content (AvgIpc) is 2.56. The van der Waals surface area contributed by atoms with Gasteiger partial charge in [-0.1, -0.05) is 24.3 Å². The molecule has 0 atom stereocenters. The highest BCUT2D eigenvalue weighted by Gasteiger charge is 2.11. The summed E-state index contributed by atoms with van der Waals surface area (Å²) in [5, 5.41) is 5.14. The van der Waals surface area contributed by atoms with E-state index in [9.17, 15) is 18.0 Å². The molecule has 2 N–H and O–H groups in total. The molecule has 5 nitrogen and oxygen atoms in total. The van der Waals surface area contributed by atoms with Gasteiger partial charge in [0.1, 0.15) is 0 Å². The first-order valence-corrected chi connectivity index (χ1v) is 7.86. The van der Waals surface area contributed by atoms with Crippen molar-refractivity contribution in [3.8, 4) is 5.75 Å². The molecule has 0 aliphatic rings. The Morgan fingerprint density at radius 3 is 2.46 bits per heavy atom. The highest BCUT2D eigenvalue weighted by Crippen LogP contribution is 2.22. The number of hydrogen-bond donors (Lipinski definition) is 2. The summed E-state index contributed by atoms with van der Waals surface area (Å²) in [6, 6.07) is 10.4. The number of anilines is 1. The van der Waals surface area contributed by atoms with Gasteiger partial charge in [0.15, 0.2) is 11.6 Å². The second kappa shape index (κ2) is 9.10. The summed E-state index contributed by atoms with van der Waals surface area (Å²) in [4.78, 5) is 14.0. The largest absolute Gasteiger partial charge is 0.432 e. The normalized spacial score (nSPS) is 10.9. The Labute approximate surface area is 149 Å². The van der Waals surface area contributed by atoms with Gasteiger partial charge < -0.3 is 20.3 Å². The van der Waals surface area contributed by atoms with Gasteiger partial charge in [0, 0.05) is 24.8 Å². The van der Waals surface area contributed by atoms with E-state index in [0.717, 1.165) is 29.8 Å². The van der Waals surface area contributed by atoms with E-state index in [0.29, 0.717) is 6.54 Å². The Balaban J connectivity index is 1.94. The number of urea groups is 1. The SMILES string of the molecule is CN(C)Cc1ccccc1CNC(=O)Nc1ccc(OC(F)F)c(F)c1. The van der Waals surface area contributed by atoms with Gasteiger partial charge in [0.25, 0.3) is 0 Å². The molecule has 0 unspecified atom stereocenters. The lowest BCUT2D eigenvalue weighted by Crippen LogP contribution is -2.29. The molecular formula is C18H20F3N3O2. The van der Waals surface area contributed by atoms with Crippen LogP contribution in [-0.4, -0.2) is 31.6 Å². The van der Waals surface area contributed by atoms with Crippen LogP contribution in [0.25, 0.3) is 0 Å². The van der Waals surface area contributed by atoms with E-state index in [1.807, 2.05) is 43.3 Å². The number of benzene rings is 2. The number of hydrogen-bond acceptors (Lipinski definition) is 3. The van der Waals surface area contributed by atoms with Crippen molar-refractivity contribution in [2.24, 2.45) is 0 Å². The molecular weight excluding hydrogens is 347 g/mol. The molecule has 0 spiro atoms. The standard InChI is InChI=1S/C18H20F3N3O2/c1-24(2)11-13-6-4-3-5-12(13)10-22-18(25)23-14-7-8-16(15(19)9-14)26-17(20)21/h3-9,17H,10-11H2,1-2H3,(H2,22,23,25). The van der Waals surface area contributed by atoms with Gasteiger partial charge in [-0.05, 0) is 37.4 Å². The van der Waals surface area contributed by atoms with E-state index >= 15 is 0 Å². The molecule has 8 heteroatoms. The zero-order valence-electron chi connectivity index (χ0n) is 14.4. The van der Waals surface area contributed by atoms with Gasteiger partial charge in [-0.25, -0.2) is 9.18 Å². The summed E-state index contributed by atoms with van der Waals surface area (Å²) in [7, 11) is 3.90. The van der Waals surface area contributed by atoms with Crippen LogP contribution in [0.4, 0.5) is 23.7 Å². The predicted octanol–water partition coefficient (Wildman–Crippen LogP) is 3.81. The van der Waals surface area contributed by atoms with Gasteiger partial charge >= 0.3 is 12.6 Å². The van der Waals surface area contributed by atoms with E-state index in [-0.39, 0.29) is 5.69 Å². The number of halogens is 3. The smallest absolute Gasteiger partial charge is 0.387 e. The first-order valence-electron chi connectivity index (χ1n) is 7.86. The van der Waals surface area contributed by atoms with Crippen LogP contribution in [0.2, 0.25) is 0 Å². The first kappa shape index (κ1) is 19.6. The lowest BCUT2D eigenvalue weighted by atomic mass is 10.1. The quantitative estimate of drug-likeness (QED) is 0.782. The molecule has 0 heterocycles. The number of nitrogens with one attached hydrogen (secondary N) is 2. The van der Waals surface area contributed by atoms with Crippen molar-refractivity contribution in [3.63, 3.8) is 0 Å². The second-order valence-electron chi connectivity index (χ2n) is 5.84. The summed E-state index contributed by atoms with van der Waals surface area (Å²) < 4.78 is 41.9. The van der Waals surface area contributed by atoms with Crippen molar-refractivity contribution in [1.29, 1.82) is 0 Å². The summed E-state index contributed by atoms with van der Waals surface area (Å²) in [5.74, 6) is -1.57. The van der Waals surface area contributed by atoms with Crippen LogP contribution in [0.1, 0.15) is 11.1 Å². The fourth-order valence-electron chi connectivity index (χ4n) is 2.35. The zero-order valence-corrected chi connectivity index (χ0v) is 14.4. The molecule has 0 radical (unpaired) electrons. The van der Waals surface area contributed by atoms with E-state index in [2.05, 4.69) is 15.4 Å². The number of nitrogens with zero attached hydrogens (tertiary/aromatic N) is 1. The van der Waals surface area contributed by atoms with Gasteiger partial charge in [-0.2, -0.15) is 8.78 Å². The van der Waals surface area contributed by atoms with Crippen molar-refractivity contribution in [1.82, 2.24) is 10.2 Å². The topological polar surface area (TPSA) is 53.6 Å². The third-order valence-electron chi connectivity index (χ3n) is 3.45. The van der Waals surface area contributed by atoms with E-state index in [4.69, 9.17) is 0 Å². The minimum atomic E-state index is -3.12. The van der Waals surface area contributed by atoms with Gasteiger partial charge in [-0.15, -0.1) is 0 Å². The molecule has 0 saturated carbocycles. The molecule has 2 amide bonds. The predicted molar refractivity (Wildman–Crippen MR) is 92.7 cm³/mol. The fourth-order valence-corrected chi connectivity index (χ4v) is 2.35. The molecule has 140 valence electrons. The highest BCUT2D eigenvalue weighted by molar-refractivity contribution is 5.89. The van der Waals surface area contributed by atoms with Crippen LogP contribution in [0.3, 0.4) is 0 Å². The maximum absolute atomic E-state index is 13.7. The zero-order chi connectivity index (χ0) is 19.1. The first-order chi connectivity index (χ1) is 12.3. The Morgan fingerprint density at radius 2 is 1.85 bits per heavy atom. The number of carbonyl (C=O) groups excluding carboxylic acids is 1. The van der Waals surface area contributed by atoms with Gasteiger partial charge in [-0.3, -0.25) is 0 Å². The third kappa shape index (κ3) is 5.96. The van der Waals surface area contributed by atoms with Crippen LogP contribution in [-0.2, 0) is 13.1 Å². The molecule has 0 bridgehead atoms. The van der Waals surface area contributed by atoms with Crippen molar-refractivity contribution in [3.05, 3.63) is 59.4 Å². The van der Waals surface area contributed by atoms with E-state index in [1.165, 1.54) is 6.07 Å². The maximum atomic E-state index is 13.7. The number of amides is 2. The molecule has 2 rings (SSSR count). The van der Waals surface area contributed by atoms with Gasteiger partial charge in [0.05, 0.1) is 0 Å². The average molecular weight is 367 g/mol. The number of alkyl halides is 2. The molecule has 2 aromatic carbocycles. The minimum Gasteiger partial charge on any atom is -0.432 e. The van der Waals surface area contributed by atoms with Crippen LogP contribution in [0.15, 0.2) is 42.5 Å². The summed E-state index contributed by atoms with van der Waals surface area (Å²) in [5.41, 5.74) is 2.17. The van der Waals surface area contributed by atoms with E-state index < -0.39 is 24.2 Å². The molecule has 2 aromatic rings. The molecule has 0 aliphatic heterocycles. The van der Waals surface area contributed by atoms with Crippen LogP contribution in [0, 0.1) is 5.82 Å².